The van der Waals surface area contributed by atoms with Crippen LogP contribution >= 0.6 is 0 Å². The minimum Gasteiger partial charge on any atom is -0.495 e. The fraction of sp³-hybridized carbons (Fsp3) is 0.500. The van der Waals surface area contributed by atoms with Crippen LogP contribution in [0.4, 0.5) is 23.2 Å². The molecule has 0 bridgehead atoms. The first-order valence-corrected chi connectivity index (χ1v) is 15.8. The highest BCUT2D eigenvalue weighted by Gasteiger charge is 2.34. The number of carbonyl (C=O) groups is 2. The molecule has 1 aromatic heterocycles. The summed E-state index contributed by atoms with van der Waals surface area (Å²) in [5.74, 6) is 5.85. The van der Waals surface area contributed by atoms with Gasteiger partial charge in [-0.1, -0.05) is 18.8 Å². The van der Waals surface area contributed by atoms with Crippen molar-refractivity contribution in [2.24, 2.45) is 5.92 Å². The molecule has 0 spiro atoms. The maximum Gasteiger partial charge on any atom is 0.406 e. The maximum absolute atomic E-state index is 13.7. The van der Waals surface area contributed by atoms with E-state index in [1.807, 2.05) is 0 Å². The van der Waals surface area contributed by atoms with E-state index in [0.29, 0.717) is 47.9 Å². The van der Waals surface area contributed by atoms with Gasteiger partial charge in [-0.25, -0.2) is 9.37 Å². The number of alkyl halides is 4. The number of aromatic nitrogens is 2. The second kappa shape index (κ2) is 14.6. The van der Waals surface area contributed by atoms with Crippen LogP contribution < -0.4 is 20.7 Å². The minimum absolute atomic E-state index is 0.123. The molecule has 1 saturated heterocycles. The number of hydrogen-bond acceptors (Lipinski definition) is 6. The molecule has 2 aliphatic rings. The lowest BCUT2D eigenvalue weighted by molar-refractivity contribution is -0.140. The molecule has 2 heterocycles. The molecule has 252 valence electrons. The zero-order valence-corrected chi connectivity index (χ0v) is 26.7. The van der Waals surface area contributed by atoms with E-state index in [4.69, 9.17) is 4.74 Å². The van der Waals surface area contributed by atoms with Gasteiger partial charge in [0.15, 0.2) is 0 Å². The zero-order valence-electron chi connectivity index (χ0n) is 26.7. The number of carbonyl (C=O) groups excluding carboxylic acids is 2. The Balaban J connectivity index is 1.34. The molecule has 2 fully saturated rings. The molecule has 3 aromatic rings. The Labute approximate surface area is 271 Å². The number of hydrogen-bond donors (Lipinski definition) is 3. The van der Waals surface area contributed by atoms with Crippen molar-refractivity contribution in [2.45, 2.75) is 70.0 Å². The number of piperidine rings is 1. The van der Waals surface area contributed by atoms with Crippen LogP contribution in [-0.4, -0.2) is 84.5 Å². The lowest BCUT2D eigenvalue weighted by Gasteiger charge is -2.43. The molecular formula is C34H40F4N6O3. The molecule has 0 radical (unpaired) electrons. The largest absolute Gasteiger partial charge is 0.495 e. The lowest BCUT2D eigenvalue weighted by Crippen LogP contribution is -2.53. The number of methoxy groups -OCH3 is 1. The number of anilines is 1. The van der Waals surface area contributed by atoms with Crippen molar-refractivity contribution in [1.29, 1.82) is 0 Å². The highest BCUT2D eigenvalue weighted by atomic mass is 19.4. The second-order valence-electron chi connectivity index (χ2n) is 12.3. The number of benzene rings is 2. The number of fused-ring (bicyclic) bond motifs is 1. The van der Waals surface area contributed by atoms with Gasteiger partial charge in [-0.05, 0) is 68.4 Å². The van der Waals surface area contributed by atoms with Crippen LogP contribution in [0.2, 0.25) is 0 Å². The van der Waals surface area contributed by atoms with Gasteiger partial charge in [0.2, 0.25) is 0 Å². The molecule has 2 aromatic carbocycles. The van der Waals surface area contributed by atoms with E-state index in [1.54, 1.807) is 24.3 Å². The third kappa shape index (κ3) is 8.35. The van der Waals surface area contributed by atoms with E-state index in [-0.39, 0.29) is 41.0 Å². The summed E-state index contributed by atoms with van der Waals surface area (Å²) in [5, 5.41) is 8.78. The van der Waals surface area contributed by atoms with Crippen molar-refractivity contribution in [1.82, 2.24) is 25.1 Å². The van der Waals surface area contributed by atoms with E-state index in [0.717, 1.165) is 36.8 Å². The van der Waals surface area contributed by atoms with Gasteiger partial charge in [-0.15, -0.1) is 0 Å². The van der Waals surface area contributed by atoms with Gasteiger partial charge in [0.05, 0.1) is 36.7 Å². The molecule has 1 aliphatic carbocycles. The van der Waals surface area contributed by atoms with Crippen LogP contribution in [0.15, 0.2) is 36.7 Å². The summed E-state index contributed by atoms with van der Waals surface area (Å²) in [4.78, 5) is 32.4. The van der Waals surface area contributed by atoms with Crippen LogP contribution in [0.1, 0.15) is 65.3 Å². The molecule has 1 saturated carbocycles. The van der Waals surface area contributed by atoms with Crippen LogP contribution in [0.25, 0.3) is 11.0 Å². The minimum atomic E-state index is -4.49. The second-order valence-corrected chi connectivity index (χ2v) is 12.3. The molecule has 5 rings (SSSR count). The summed E-state index contributed by atoms with van der Waals surface area (Å²) in [6.07, 6.45) is -0.564. The number of ether oxygens (including phenoxy) is 1. The quantitative estimate of drug-likeness (QED) is 0.229. The van der Waals surface area contributed by atoms with Crippen LogP contribution in [-0.2, 0) is 6.54 Å². The maximum atomic E-state index is 13.7. The van der Waals surface area contributed by atoms with Crippen molar-refractivity contribution in [3.63, 3.8) is 0 Å². The Morgan fingerprint density at radius 3 is 2.53 bits per heavy atom. The third-order valence-electron chi connectivity index (χ3n) is 9.00. The highest BCUT2D eigenvalue weighted by molar-refractivity contribution is 6.05. The van der Waals surface area contributed by atoms with Crippen LogP contribution in [0.5, 0.6) is 5.75 Å². The number of halogens is 4. The number of amides is 2. The molecule has 13 heteroatoms. The monoisotopic (exact) mass is 656 g/mol. The Bertz CT molecular complexity index is 1650. The topological polar surface area (TPSA) is 101 Å². The average molecular weight is 657 g/mol. The number of rotatable bonds is 8. The van der Waals surface area contributed by atoms with Crippen molar-refractivity contribution in [3.8, 4) is 17.6 Å². The fourth-order valence-corrected chi connectivity index (χ4v) is 6.52. The van der Waals surface area contributed by atoms with E-state index in [2.05, 4.69) is 44.6 Å². The smallest absolute Gasteiger partial charge is 0.406 e. The Hall–Kier alpha value is -4.31. The SMILES string of the molecule is CNC(=O)c1ccc(OC)c(NCC#Cc2cc(C(=O)N[C@H]3CCN(C4CCC(F)CC4)C[C@@H]3C)c3ncn(CC(F)(F)F)c3c2)c1. The van der Waals surface area contributed by atoms with Gasteiger partial charge in [0.1, 0.15) is 24.0 Å². The molecule has 2 amide bonds. The lowest BCUT2D eigenvalue weighted by atomic mass is 9.87. The van der Waals surface area contributed by atoms with Gasteiger partial charge in [0, 0.05) is 43.3 Å². The average Bonchev–Trinajstić information content (AvgIpc) is 3.44. The summed E-state index contributed by atoms with van der Waals surface area (Å²) in [6.45, 7) is 2.49. The standard InChI is InChI=1S/C34H40F4N6O3/c1-21-18-43(25-9-7-24(35)8-10-25)14-12-27(21)42-33(46)26-15-22(16-29-31(26)41-20-44(29)19-34(36,37)38)5-4-13-40-28-17-23(32(45)39-2)6-11-30(28)47-3/h6,11,15-17,20-21,24-25,27,40H,7-10,12-14,18-19H2,1-3H3,(H,39,45)(H,42,46)/t21-,24?,25?,27-/m0/s1. The summed E-state index contributed by atoms with van der Waals surface area (Å²) in [6, 6.07) is 8.18. The Kier molecular flexibility index (Phi) is 10.6. The summed E-state index contributed by atoms with van der Waals surface area (Å²) in [5.41, 5.74) is 1.78. The molecule has 0 unspecified atom stereocenters. The number of imidazole rings is 1. The molecule has 47 heavy (non-hydrogen) atoms. The van der Waals surface area contributed by atoms with Crippen LogP contribution in [0, 0.1) is 17.8 Å². The van der Waals surface area contributed by atoms with Gasteiger partial charge < -0.3 is 25.3 Å². The Morgan fingerprint density at radius 1 is 1.09 bits per heavy atom. The van der Waals surface area contributed by atoms with Crippen LogP contribution in [0.3, 0.4) is 0 Å². The van der Waals surface area contributed by atoms with E-state index in [9.17, 15) is 27.2 Å². The van der Waals surface area contributed by atoms with E-state index < -0.39 is 24.8 Å². The van der Waals surface area contributed by atoms with Gasteiger partial charge in [0.25, 0.3) is 11.8 Å². The van der Waals surface area contributed by atoms with Crippen molar-refractivity contribution >= 4 is 28.5 Å². The Morgan fingerprint density at radius 2 is 1.85 bits per heavy atom. The molecular weight excluding hydrogens is 616 g/mol. The molecule has 3 N–H and O–H groups in total. The van der Waals surface area contributed by atoms with Gasteiger partial charge >= 0.3 is 6.18 Å². The molecule has 9 nitrogen and oxygen atoms in total. The van der Waals surface area contributed by atoms with Gasteiger partial charge in [-0.2, -0.15) is 13.2 Å². The third-order valence-corrected chi connectivity index (χ3v) is 9.00. The van der Waals surface area contributed by atoms with Gasteiger partial charge in [-0.3, -0.25) is 14.5 Å². The van der Waals surface area contributed by atoms with Crippen molar-refractivity contribution in [3.05, 3.63) is 53.3 Å². The normalized spacial score (nSPS) is 21.9. The fourth-order valence-electron chi connectivity index (χ4n) is 6.52. The first-order valence-electron chi connectivity index (χ1n) is 15.8. The van der Waals surface area contributed by atoms with Crippen molar-refractivity contribution in [2.75, 3.05) is 39.1 Å². The summed E-state index contributed by atoms with van der Waals surface area (Å²) in [7, 11) is 3.03. The predicted molar refractivity (Wildman–Crippen MR) is 171 cm³/mol. The predicted octanol–water partition coefficient (Wildman–Crippen LogP) is 5.15. The van der Waals surface area contributed by atoms with E-state index in [1.165, 1.54) is 20.2 Å². The molecule has 2 atom stereocenters. The number of nitrogens with one attached hydrogen (secondary N) is 3. The number of nitrogens with zero attached hydrogens (tertiary/aromatic N) is 3. The summed E-state index contributed by atoms with van der Waals surface area (Å²) < 4.78 is 60.2. The molecule has 1 aliphatic heterocycles. The highest BCUT2D eigenvalue weighted by Crippen LogP contribution is 2.30. The van der Waals surface area contributed by atoms with Crippen molar-refractivity contribution < 1.29 is 31.9 Å². The zero-order chi connectivity index (χ0) is 33.7. The first kappa shape index (κ1) is 34.0. The number of likely N-dealkylation sites (tertiary alicyclic amines) is 1. The summed E-state index contributed by atoms with van der Waals surface area (Å²) >= 11 is 0. The van der Waals surface area contributed by atoms with E-state index >= 15 is 0 Å². The first-order chi connectivity index (χ1) is 22.5.